The van der Waals surface area contributed by atoms with E-state index in [1.165, 1.54) is 0 Å². The second-order valence-electron chi connectivity index (χ2n) is 5.87. The van der Waals surface area contributed by atoms with Crippen LogP contribution in [0.4, 0.5) is 0 Å². The van der Waals surface area contributed by atoms with Crippen LogP contribution in [0.3, 0.4) is 0 Å². The molecule has 2 N–H and O–H groups in total. The summed E-state index contributed by atoms with van der Waals surface area (Å²) in [6.45, 7) is 1.45. The van der Waals surface area contributed by atoms with Gasteiger partial charge >= 0.3 is 0 Å². The van der Waals surface area contributed by atoms with E-state index in [4.69, 9.17) is 11.6 Å². The summed E-state index contributed by atoms with van der Waals surface area (Å²) in [5.41, 5.74) is 3.14. The van der Waals surface area contributed by atoms with Crippen molar-refractivity contribution in [2.24, 2.45) is 4.99 Å². The molecule has 5 nitrogen and oxygen atoms in total. The van der Waals surface area contributed by atoms with E-state index in [9.17, 15) is 0 Å². The highest BCUT2D eigenvalue weighted by Gasteiger charge is 2.09. The number of para-hydroxylation sites is 2. The van der Waals surface area contributed by atoms with E-state index in [2.05, 4.69) is 25.2 Å². The number of aromatic nitrogens is 2. The molecule has 2 aromatic carbocycles. The third-order valence-electron chi connectivity index (χ3n) is 4.02. The van der Waals surface area contributed by atoms with E-state index in [1.807, 2.05) is 55.6 Å². The van der Waals surface area contributed by atoms with Crippen molar-refractivity contribution in [2.75, 3.05) is 20.6 Å². The molecule has 130 valence electrons. The normalized spacial score (nSPS) is 11.7. The topological polar surface area (TPSA) is 56.3 Å². The SMILES string of the molecule is CN=C(NCCc1nc2ccccc2[nH]1)N(C)Cc1ccccc1Cl. The van der Waals surface area contributed by atoms with Crippen LogP contribution in [0.1, 0.15) is 11.4 Å². The van der Waals surface area contributed by atoms with E-state index in [0.29, 0.717) is 6.54 Å². The van der Waals surface area contributed by atoms with Gasteiger partial charge in [-0.25, -0.2) is 4.98 Å². The lowest BCUT2D eigenvalue weighted by atomic mass is 10.2. The van der Waals surface area contributed by atoms with Crippen LogP contribution in [0.25, 0.3) is 11.0 Å². The molecule has 25 heavy (non-hydrogen) atoms. The van der Waals surface area contributed by atoms with Gasteiger partial charge in [0.1, 0.15) is 5.82 Å². The first kappa shape index (κ1) is 17.3. The summed E-state index contributed by atoms with van der Waals surface area (Å²) in [4.78, 5) is 14.3. The van der Waals surface area contributed by atoms with E-state index in [-0.39, 0.29) is 0 Å². The van der Waals surface area contributed by atoms with Crippen LogP contribution in [0, 0.1) is 0 Å². The Morgan fingerprint density at radius 1 is 1.20 bits per heavy atom. The Labute approximate surface area is 152 Å². The first-order valence-electron chi connectivity index (χ1n) is 8.26. The lowest BCUT2D eigenvalue weighted by Gasteiger charge is -2.22. The van der Waals surface area contributed by atoms with Gasteiger partial charge in [-0.1, -0.05) is 41.9 Å². The number of aliphatic imine (C=N–C) groups is 1. The second kappa shape index (κ2) is 8.03. The molecule has 6 heteroatoms. The molecule has 0 aliphatic rings. The molecule has 0 saturated carbocycles. The molecular weight excluding hydrogens is 334 g/mol. The molecule has 0 saturated heterocycles. The number of imidazole rings is 1. The first-order chi connectivity index (χ1) is 12.2. The highest BCUT2D eigenvalue weighted by atomic mass is 35.5. The van der Waals surface area contributed by atoms with E-state index in [0.717, 1.165) is 46.4 Å². The van der Waals surface area contributed by atoms with Crippen LogP contribution in [-0.2, 0) is 13.0 Å². The summed E-state index contributed by atoms with van der Waals surface area (Å²) in [7, 11) is 3.78. The molecule has 0 fully saturated rings. The quantitative estimate of drug-likeness (QED) is 0.544. The number of halogens is 1. The molecule has 0 amide bonds. The maximum absolute atomic E-state index is 6.24. The van der Waals surface area contributed by atoms with Crippen molar-refractivity contribution in [1.82, 2.24) is 20.2 Å². The standard InChI is InChI=1S/C19H22ClN5/c1-21-19(25(2)13-14-7-3-4-8-15(14)20)22-12-11-18-23-16-9-5-6-10-17(16)24-18/h3-10H,11-13H2,1-2H3,(H,21,22)(H,23,24). The van der Waals surface area contributed by atoms with Crippen molar-refractivity contribution >= 4 is 28.6 Å². The number of fused-ring (bicyclic) bond motifs is 1. The van der Waals surface area contributed by atoms with Gasteiger partial charge in [-0.05, 0) is 23.8 Å². The number of aromatic amines is 1. The molecular formula is C19H22ClN5. The number of rotatable bonds is 5. The fourth-order valence-corrected chi connectivity index (χ4v) is 2.95. The molecule has 0 radical (unpaired) electrons. The number of nitrogens with one attached hydrogen (secondary N) is 2. The maximum Gasteiger partial charge on any atom is 0.193 e. The number of H-pyrrole nitrogens is 1. The van der Waals surface area contributed by atoms with Gasteiger partial charge in [0.2, 0.25) is 0 Å². The predicted molar refractivity (Wildman–Crippen MR) is 104 cm³/mol. The third-order valence-corrected chi connectivity index (χ3v) is 4.39. The minimum absolute atomic E-state index is 0.698. The molecule has 1 aromatic heterocycles. The van der Waals surface area contributed by atoms with Crippen LogP contribution >= 0.6 is 11.6 Å². The number of nitrogens with zero attached hydrogens (tertiary/aromatic N) is 3. The second-order valence-corrected chi connectivity index (χ2v) is 6.28. The van der Waals surface area contributed by atoms with Crippen molar-refractivity contribution in [1.29, 1.82) is 0 Å². The summed E-state index contributed by atoms with van der Waals surface area (Å²) < 4.78 is 0. The van der Waals surface area contributed by atoms with Gasteiger partial charge in [0.25, 0.3) is 0 Å². The zero-order valence-corrected chi connectivity index (χ0v) is 15.2. The lowest BCUT2D eigenvalue weighted by molar-refractivity contribution is 0.477. The fourth-order valence-electron chi connectivity index (χ4n) is 2.76. The van der Waals surface area contributed by atoms with Crippen molar-refractivity contribution < 1.29 is 0 Å². The number of hydrogen-bond donors (Lipinski definition) is 2. The summed E-state index contributed by atoms with van der Waals surface area (Å²) >= 11 is 6.24. The average molecular weight is 356 g/mol. The summed E-state index contributed by atoms with van der Waals surface area (Å²) in [5.74, 6) is 1.80. The van der Waals surface area contributed by atoms with Gasteiger partial charge in [0.15, 0.2) is 5.96 Å². The molecule has 0 aliphatic heterocycles. The van der Waals surface area contributed by atoms with Gasteiger partial charge < -0.3 is 15.2 Å². The Morgan fingerprint density at radius 3 is 2.72 bits per heavy atom. The Morgan fingerprint density at radius 2 is 1.96 bits per heavy atom. The maximum atomic E-state index is 6.24. The predicted octanol–water partition coefficient (Wildman–Crippen LogP) is 3.47. The summed E-state index contributed by atoms with van der Waals surface area (Å²) in [6, 6.07) is 15.9. The highest BCUT2D eigenvalue weighted by Crippen LogP contribution is 2.16. The Hall–Kier alpha value is -2.53. The minimum Gasteiger partial charge on any atom is -0.356 e. The average Bonchev–Trinajstić information content (AvgIpc) is 3.03. The Bertz CT molecular complexity index is 838. The molecule has 0 aliphatic carbocycles. The fraction of sp³-hybridized carbons (Fsp3) is 0.263. The largest absolute Gasteiger partial charge is 0.356 e. The molecule has 3 aromatic rings. The zero-order valence-electron chi connectivity index (χ0n) is 14.5. The highest BCUT2D eigenvalue weighted by molar-refractivity contribution is 6.31. The van der Waals surface area contributed by atoms with Gasteiger partial charge in [0, 0.05) is 38.6 Å². The van der Waals surface area contributed by atoms with E-state index >= 15 is 0 Å². The monoisotopic (exact) mass is 355 g/mol. The summed E-state index contributed by atoms with van der Waals surface area (Å²) in [6.07, 6.45) is 0.799. The van der Waals surface area contributed by atoms with Crippen LogP contribution in [0.5, 0.6) is 0 Å². The molecule has 3 rings (SSSR count). The minimum atomic E-state index is 0.698. The first-order valence-corrected chi connectivity index (χ1v) is 8.64. The van der Waals surface area contributed by atoms with Crippen LogP contribution in [0.2, 0.25) is 5.02 Å². The Balaban J connectivity index is 1.56. The van der Waals surface area contributed by atoms with Crippen LogP contribution < -0.4 is 5.32 Å². The van der Waals surface area contributed by atoms with Crippen LogP contribution in [-0.4, -0.2) is 41.5 Å². The smallest absolute Gasteiger partial charge is 0.193 e. The molecule has 0 atom stereocenters. The third kappa shape index (κ3) is 4.31. The molecule has 0 unspecified atom stereocenters. The van der Waals surface area contributed by atoms with E-state index in [1.54, 1.807) is 7.05 Å². The van der Waals surface area contributed by atoms with Gasteiger partial charge in [-0.2, -0.15) is 0 Å². The lowest BCUT2D eigenvalue weighted by Crippen LogP contribution is -2.39. The van der Waals surface area contributed by atoms with Crippen molar-refractivity contribution in [3.8, 4) is 0 Å². The number of benzene rings is 2. The molecule has 0 bridgehead atoms. The van der Waals surface area contributed by atoms with Crippen molar-refractivity contribution in [2.45, 2.75) is 13.0 Å². The zero-order chi connectivity index (χ0) is 17.6. The van der Waals surface area contributed by atoms with Gasteiger partial charge in [-0.15, -0.1) is 0 Å². The Kier molecular flexibility index (Phi) is 5.56. The van der Waals surface area contributed by atoms with Crippen LogP contribution in [0.15, 0.2) is 53.5 Å². The summed E-state index contributed by atoms with van der Waals surface area (Å²) in [5, 5.41) is 4.15. The molecule has 0 spiro atoms. The van der Waals surface area contributed by atoms with E-state index < -0.39 is 0 Å². The van der Waals surface area contributed by atoms with Crippen molar-refractivity contribution in [3.05, 3.63) is 64.9 Å². The number of hydrogen-bond acceptors (Lipinski definition) is 2. The van der Waals surface area contributed by atoms with Gasteiger partial charge in [-0.3, -0.25) is 4.99 Å². The van der Waals surface area contributed by atoms with Crippen molar-refractivity contribution in [3.63, 3.8) is 0 Å². The molecule has 1 heterocycles. The number of guanidine groups is 1. The van der Waals surface area contributed by atoms with Gasteiger partial charge in [0.05, 0.1) is 11.0 Å².